The summed E-state index contributed by atoms with van der Waals surface area (Å²) < 4.78 is 0. The van der Waals surface area contributed by atoms with Crippen LogP contribution in [0, 0.1) is 5.92 Å². The third-order valence-corrected chi connectivity index (χ3v) is 4.73. The first-order valence-corrected chi connectivity index (χ1v) is 8.06. The summed E-state index contributed by atoms with van der Waals surface area (Å²) in [6.45, 7) is 6.76. The minimum atomic E-state index is 0.973. The topological polar surface area (TPSA) is 15.3 Å². The molecule has 0 saturated heterocycles. The van der Waals surface area contributed by atoms with Crippen LogP contribution in [-0.4, -0.2) is 25.0 Å². The standard InChI is InChI=1S/C15H26N2S/c1-3-9-16-10-14-7-8-15(18-14)12-17(2)11-13-5-4-6-13/h7-8,13,16H,3-6,9-12H2,1-2H3. The lowest BCUT2D eigenvalue weighted by Gasteiger charge is -2.29. The lowest BCUT2D eigenvalue weighted by Crippen LogP contribution is -2.28. The highest BCUT2D eigenvalue weighted by atomic mass is 32.1. The number of hydrogen-bond donors (Lipinski definition) is 1. The summed E-state index contributed by atoms with van der Waals surface area (Å²) in [5, 5.41) is 3.47. The summed E-state index contributed by atoms with van der Waals surface area (Å²) in [6, 6.07) is 4.57. The predicted octanol–water partition coefficient (Wildman–Crippen LogP) is 3.48. The molecule has 0 bridgehead atoms. The van der Waals surface area contributed by atoms with Crippen LogP contribution in [0.15, 0.2) is 12.1 Å². The molecule has 1 aliphatic rings. The Kier molecular flexibility index (Phi) is 5.67. The maximum atomic E-state index is 3.47. The summed E-state index contributed by atoms with van der Waals surface area (Å²) in [7, 11) is 2.26. The first kappa shape index (κ1) is 14.0. The number of nitrogens with zero attached hydrogens (tertiary/aromatic N) is 1. The lowest BCUT2D eigenvalue weighted by molar-refractivity contribution is 0.201. The van der Waals surface area contributed by atoms with E-state index in [0.717, 1.165) is 25.6 Å². The smallest absolute Gasteiger partial charge is 0.0325 e. The number of hydrogen-bond acceptors (Lipinski definition) is 3. The van der Waals surface area contributed by atoms with Crippen molar-refractivity contribution in [1.82, 2.24) is 10.2 Å². The van der Waals surface area contributed by atoms with Crippen LogP contribution < -0.4 is 5.32 Å². The van der Waals surface area contributed by atoms with E-state index in [1.165, 1.54) is 42.0 Å². The molecule has 1 saturated carbocycles. The average molecular weight is 266 g/mol. The predicted molar refractivity (Wildman–Crippen MR) is 80.0 cm³/mol. The molecule has 0 aliphatic heterocycles. The van der Waals surface area contributed by atoms with E-state index in [1.807, 2.05) is 11.3 Å². The number of thiophene rings is 1. The molecule has 0 spiro atoms. The maximum Gasteiger partial charge on any atom is 0.0325 e. The third kappa shape index (κ3) is 4.38. The maximum absolute atomic E-state index is 3.47. The molecular weight excluding hydrogens is 240 g/mol. The third-order valence-electron chi connectivity index (χ3n) is 3.66. The van der Waals surface area contributed by atoms with Gasteiger partial charge in [-0.15, -0.1) is 11.3 Å². The second kappa shape index (κ2) is 7.27. The Balaban J connectivity index is 1.71. The van der Waals surface area contributed by atoms with Gasteiger partial charge in [0, 0.05) is 29.4 Å². The van der Waals surface area contributed by atoms with Crippen LogP contribution in [0.25, 0.3) is 0 Å². The summed E-state index contributed by atoms with van der Waals surface area (Å²) in [5.41, 5.74) is 0. The van der Waals surface area contributed by atoms with E-state index in [-0.39, 0.29) is 0 Å². The SMILES string of the molecule is CCCNCc1ccc(CN(C)CC2CCC2)s1. The van der Waals surface area contributed by atoms with Crippen LogP contribution in [-0.2, 0) is 13.1 Å². The van der Waals surface area contributed by atoms with Gasteiger partial charge in [0.05, 0.1) is 0 Å². The summed E-state index contributed by atoms with van der Waals surface area (Å²) in [6.07, 6.45) is 5.55. The molecule has 0 atom stereocenters. The van der Waals surface area contributed by atoms with Crippen molar-refractivity contribution < 1.29 is 0 Å². The highest BCUT2D eigenvalue weighted by Crippen LogP contribution is 2.27. The first-order chi connectivity index (χ1) is 8.78. The minimum absolute atomic E-state index is 0.973. The van der Waals surface area contributed by atoms with Crippen molar-refractivity contribution >= 4 is 11.3 Å². The number of nitrogens with one attached hydrogen (secondary N) is 1. The van der Waals surface area contributed by atoms with Gasteiger partial charge in [-0.05, 0) is 50.9 Å². The molecule has 102 valence electrons. The van der Waals surface area contributed by atoms with Gasteiger partial charge in [0.25, 0.3) is 0 Å². The normalized spacial score (nSPS) is 16.2. The quantitative estimate of drug-likeness (QED) is 0.725. The molecule has 0 unspecified atom stereocenters. The van der Waals surface area contributed by atoms with Crippen LogP contribution >= 0.6 is 11.3 Å². The zero-order chi connectivity index (χ0) is 12.8. The van der Waals surface area contributed by atoms with E-state index in [4.69, 9.17) is 0 Å². The van der Waals surface area contributed by atoms with Gasteiger partial charge in [0.1, 0.15) is 0 Å². The van der Waals surface area contributed by atoms with Crippen molar-refractivity contribution in [3.63, 3.8) is 0 Å². The second-order valence-corrected chi connectivity index (χ2v) is 6.79. The Bertz CT molecular complexity index is 344. The van der Waals surface area contributed by atoms with Crippen LogP contribution in [0.2, 0.25) is 0 Å². The molecule has 0 amide bonds. The molecule has 1 N–H and O–H groups in total. The van der Waals surface area contributed by atoms with Crippen LogP contribution in [0.3, 0.4) is 0 Å². The highest BCUT2D eigenvalue weighted by Gasteiger charge is 2.19. The van der Waals surface area contributed by atoms with Crippen molar-refractivity contribution in [3.05, 3.63) is 21.9 Å². The Morgan fingerprint density at radius 2 is 2.11 bits per heavy atom. The van der Waals surface area contributed by atoms with Crippen molar-refractivity contribution in [2.24, 2.45) is 5.92 Å². The first-order valence-electron chi connectivity index (χ1n) is 7.24. The summed E-state index contributed by atoms with van der Waals surface area (Å²) in [5.74, 6) is 0.973. The van der Waals surface area contributed by atoms with Gasteiger partial charge in [-0.25, -0.2) is 0 Å². The Morgan fingerprint density at radius 3 is 2.78 bits per heavy atom. The molecule has 0 aromatic carbocycles. The van der Waals surface area contributed by atoms with Crippen LogP contribution in [0.4, 0.5) is 0 Å². The van der Waals surface area contributed by atoms with Gasteiger partial charge in [-0.1, -0.05) is 13.3 Å². The fourth-order valence-electron chi connectivity index (χ4n) is 2.44. The zero-order valence-corrected chi connectivity index (χ0v) is 12.6. The fourth-order valence-corrected chi connectivity index (χ4v) is 3.51. The van der Waals surface area contributed by atoms with Crippen molar-refractivity contribution in [2.45, 2.75) is 45.7 Å². The molecule has 1 fully saturated rings. The van der Waals surface area contributed by atoms with Crippen molar-refractivity contribution in [2.75, 3.05) is 20.1 Å². The van der Waals surface area contributed by atoms with Crippen molar-refractivity contribution in [3.8, 4) is 0 Å². The van der Waals surface area contributed by atoms with E-state index in [0.29, 0.717) is 0 Å². The summed E-state index contributed by atoms with van der Waals surface area (Å²) >= 11 is 1.96. The monoisotopic (exact) mass is 266 g/mol. The molecule has 3 heteroatoms. The van der Waals surface area contributed by atoms with Gasteiger partial charge in [-0.3, -0.25) is 0 Å². The van der Waals surface area contributed by atoms with E-state index in [9.17, 15) is 0 Å². The van der Waals surface area contributed by atoms with Gasteiger partial charge in [0.2, 0.25) is 0 Å². The molecule has 1 aromatic rings. The van der Waals surface area contributed by atoms with E-state index >= 15 is 0 Å². The zero-order valence-electron chi connectivity index (χ0n) is 11.7. The van der Waals surface area contributed by atoms with Crippen LogP contribution in [0.1, 0.15) is 42.4 Å². The molecule has 1 heterocycles. The molecule has 0 radical (unpaired) electrons. The molecule has 18 heavy (non-hydrogen) atoms. The fraction of sp³-hybridized carbons (Fsp3) is 0.733. The highest BCUT2D eigenvalue weighted by molar-refractivity contribution is 7.11. The van der Waals surface area contributed by atoms with Gasteiger partial charge >= 0.3 is 0 Å². The molecule has 2 rings (SSSR count). The molecule has 1 aromatic heterocycles. The van der Waals surface area contributed by atoms with E-state index in [2.05, 4.69) is 36.3 Å². The molecule has 1 aliphatic carbocycles. The van der Waals surface area contributed by atoms with Crippen molar-refractivity contribution in [1.29, 1.82) is 0 Å². The van der Waals surface area contributed by atoms with E-state index in [1.54, 1.807) is 0 Å². The Hall–Kier alpha value is -0.380. The van der Waals surface area contributed by atoms with E-state index < -0.39 is 0 Å². The number of rotatable bonds is 8. The average Bonchev–Trinajstić information content (AvgIpc) is 2.72. The van der Waals surface area contributed by atoms with Crippen LogP contribution in [0.5, 0.6) is 0 Å². The minimum Gasteiger partial charge on any atom is -0.312 e. The largest absolute Gasteiger partial charge is 0.312 e. The molecular formula is C15H26N2S. The Labute approximate surface area is 115 Å². The Morgan fingerprint density at radius 1 is 1.33 bits per heavy atom. The van der Waals surface area contributed by atoms with Gasteiger partial charge in [-0.2, -0.15) is 0 Å². The summed E-state index contributed by atoms with van der Waals surface area (Å²) in [4.78, 5) is 5.46. The molecule has 2 nitrogen and oxygen atoms in total. The van der Waals surface area contributed by atoms with Gasteiger partial charge in [0.15, 0.2) is 0 Å². The lowest BCUT2D eigenvalue weighted by atomic mass is 9.85. The second-order valence-electron chi connectivity index (χ2n) is 5.54. The van der Waals surface area contributed by atoms with Gasteiger partial charge < -0.3 is 10.2 Å².